The molecule has 0 radical (unpaired) electrons. The first-order valence-corrected chi connectivity index (χ1v) is 5.97. The molecular formula is C11H21N3O. The van der Waals surface area contributed by atoms with Crippen LogP contribution >= 0.6 is 0 Å². The van der Waals surface area contributed by atoms with Gasteiger partial charge in [-0.05, 0) is 19.4 Å². The summed E-state index contributed by atoms with van der Waals surface area (Å²) in [4.78, 5) is 15.6. The van der Waals surface area contributed by atoms with E-state index in [2.05, 4.69) is 10.2 Å². The Morgan fingerprint density at radius 3 is 2.60 bits per heavy atom. The van der Waals surface area contributed by atoms with E-state index in [1.807, 2.05) is 4.90 Å². The summed E-state index contributed by atoms with van der Waals surface area (Å²) in [6.07, 6.45) is 2.63. The largest absolute Gasteiger partial charge is 0.340 e. The third-order valence-corrected chi connectivity index (χ3v) is 3.46. The molecule has 2 rings (SSSR count). The monoisotopic (exact) mass is 211 g/mol. The number of hydrogen-bond acceptors (Lipinski definition) is 3. The first-order chi connectivity index (χ1) is 7.25. The zero-order valence-electron chi connectivity index (χ0n) is 9.54. The molecule has 0 bridgehead atoms. The van der Waals surface area contributed by atoms with Crippen LogP contribution in [0.15, 0.2) is 0 Å². The molecule has 1 unspecified atom stereocenters. The molecule has 2 saturated heterocycles. The van der Waals surface area contributed by atoms with E-state index in [-0.39, 0.29) is 5.91 Å². The van der Waals surface area contributed by atoms with Crippen molar-refractivity contribution in [2.75, 3.05) is 39.3 Å². The van der Waals surface area contributed by atoms with Crippen molar-refractivity contribution < 1.29 is 4.79 Å². The molecule has 4 nitrogen and oxygen atoms in total. The molecule has 0 aromatic carbocycles. The van der Waals surface area contributed by atoms with Crippen LogP contribution in [0, 0.1) is 0 Å². The summed E-state index contributed by atoms with van der Waals surface area (Å²) < 4.78 is 0. The van der Waals surface area contributed by atoms with Crippen LogP contribution in [0.2, 0.25) is 0 Å². The van der Waals surface area contributed by atoms with Gasteiger partial charge in [0, 0.05) is 45.7 Å². The molecule has 1 amide bonds. The van der Waals surface area contributed by atoms with Crippen LogP contribution in [0.25, 0.3) is 0 Å². The molecule has 1 atom stereocenters. The number of carbonyl (C=O) groups is 1. The minimum absolute atomic E-state index is 0.216. The fourth-order valence-corrected chi connectivity index (χ4v) is 2.47. The molecule has 0 aliphatic carbocycles. The quantitative estimate of drug-likeness (QED) is 0.693. The standard InChI is InChI=1S/C11H21N3O/c1-10(15)14-7-5-13(6-8-14)9-11-3-2-4-12-11/h11-12H,2-9H2,1H3. The Hall–Kier alpha value is -0.610. The number of nitrogens with zero attached hydrogens (tertiary/aromatic N) is 2. The summed E-state index contributed by atoms with van der Waals surface area (Å²) in [5, 5.41) is 3.52. The molecule has 2 fully saturated rings. The average molecular weight is 211 g/mol. The maximum atomic E-state index is 11.1. The van der Waals surface area contributed by atoms with Gasteiger partial charge in [0.15, 0.2) is 0 Å². The van der Waals surface area contributed by atoms with E-state index >= 15 is 0 Å². The number of piperazine rings is 1. The average Bonchev–Trinajstić information content (AvgIpc) is 2.71. The maximum absolute atomic E-state index is 11.1. The lowest BCUT2D eigenvalue weighted by atomic mass is 10.2. The molecular weight excluding hydrogens is 190 g/mol. The van der Waals surface area contributed by atoms with Crippen molar-refractivity contribution >= 4 is 5.91 Å². The summed E-state index contributed by atoms with van der Waals surface area (Å²) in [6, 6.07) is 0.689. The van der Waals surface area contributed by atoms with Crippen molar-refractivity contribution in [1.82, 2.24) is 15.1 Å². The maximum Gasteiger partial charge on any atom is 0.219 e. The second-order valence-electron chi connectivity index (χ2n) is 4.60. The van der Waals surface area contributed by atoms with Gasteiger partial charge in [-0.15, -0.1) is 0 Å². The predicted molar refractivity (Wildman–Crippen MR) is 59.7 cm³/mol. The number of hydrogen-bond donors (Lipinski definition) is 1. The van der Waals surface area contributed by atoms with Crippen molar-refractivity contribution in [2.24, 2.45) is 0 Å². The molecule has 2 aliphatic rings. The van der Waals surface area contributed by atoms with E-state index < -0.39 is 0 Å². The van der Waals surface area contributed by atoms with Crippen LogP contribution in [0.4, 0.5) is 0 Å². The van der Waals surface area contributed by atoms with Gasteiger partial charge < -0.3 is 10.2 Å². The van der Waals surface area contributed by atoms with Gasteiger partial charge in [-0.3, -0.25) is 9.69 Å². The Morgan fingerprint density at radius 2 is 2.07 bits per heavy atom. The Kier molecular flexibility index (Phi) is 3.59. The SMILES string of the molecule is CC(=O)N1CCN(CC2CCCN2)CC1. The zero-order valence-corrected chi connectivity index (χ0v) is 9.54. The van der Waals surface area contributed by atoms with Crippen molar-refractivity contribution in [1.29, 1.82) is 0 Å². The predicted octanol–water partition coefficient (Wildman–Crippen LogP) is -0.0975. The van der Waals surface area contributed by atoms with Crippen molar-refractivity contribution in [3.05, 3.63) is 0 Å². The highest BCUT2D eigenvalue weighted by atomic mass is 16.2. The van der Waals surface area contributed by atoms with Gasteiger partial charge in [0.25, 0.3) is 0 Å². The zero-order chi connectivity index (χ0) is 10.7. The highest BCUT2D eigenvalue weighted by Crippen LogP contribution is 2.09. The molecule has 0 spiro atoms. The number of carbonyl (C=O) groups excluding carboxylic acids is 1. The van der Waals surface area contributed by atoms with Gasteiger partial charge in [0.1, 0.15) is 0 Å². The number of nitrogens with one attached hydrogen (secondary N) is 1. The van der Waals surface area contributed by atoms with E-state index in [0.717, 1.165) is 32.7 Å². The first kappa shape index (κ1) is 10.9. The lowest BCUT2D eigenvalue weighted by molar-refractivity contribution is -0.130. The van der Waals surface area contributed by atoms with E-state index in [4.69, 9.17) is 0 Å². The number of rotatable bonds is 2. The number of amides is 1. The molecule has 86 valence electrons. The van der Waals surface area contributed by atoms with Crippen LogP contribution in [0.3, 0.4) is 0 Å². The second kappa shape index (κ2) is 4.94. The van der Waals surface area contributed by atoms with Crippen molar-refractivity contribution in [3.8, 4) is 0 Å². The Bertz CT molecular complexity index is 218. The second-order valence-corrected chi connectivity index (χ2v) is 4.60. The molecule has 0 aromatic heterocycles. The highest BCUT2D eigenvalue weighted by molar-refractivity contribution is 5.73. The molecule has 0 aromatic rings. The van der Waals surface area contributed by atoms with E-state index in [1.54, 1.807) is 6.92 Å². The van der Waals surface area contributed by atoms with E-state index in [9.17, 15) is 4.79 Å². The lowest BCUT2D eigenvalue weighted by Crippen LogP contribution is -2.50. The molecule has 1 N–H and O–H groups in total. The summed E-state index contributed by atoms with van der Waals surface area (Å²) in [7, 11) is 0. The topological polar surface area (TPSA) is 35.6 Å². The van der Waals surface area contributed by atoms with Gasteiger partial charge in [0.2, 0.25) is 5.91 Å². The van der Waals surface area contributed by atoms with E-state index in [0.29, 0.717) is 6.04 Å². The summed E-state index contributed by atoms with van der Waals surface area (Å²) in [6.45, 7) is 7.89. The minimum atomic E-state index is 0.216. The molecule has 15 heavy (non-hydrogen) atoms. The fraction of sp³-hybridized carbons (Fsp3) is 0.909. The Balaban J connectivity index is 1.71. The van der Waals surface area contributed by atoms with Crippen LogP contribution in [-0.4, -0.2) is 61.0 Å². The summed E-state index contributed by atoms with van der Waals surface area (Å²) in [5.74, 6) is 0.216. The van der Waals surface area contributed by atoms with E-state index in [1.165, 1.54) is 19.4 Å². The van der Waals surface area contributed by atoms with Gasteiger partial charge in [-0.1, -0.05) is 0 Å². The highest BCUT2D eigenvalue weighted by Gasteiger charge is 2.22. The lowest BCUT2D eigenvalue weighted by Gasteiger charge is -2.35. The van der Waals surface area contributed by atoms with Crippen LogP contribution in [-0.2, 0) is 4.79 Å². The van der Waals surface area contributed by atoms with Crippen molar-refractivity contribution in [2.45, 2.75) is 25.8 Å². The van der Waals surface area contributed by atoms with Gasteiger partial charge in [-0.2, -0.15) is 0 Å². The summed E-state index contributed by atoms with van der Waals surface area (Å²) >= 11 is 0. The van der Waals surface area contributed by atoms with Crippen LogP contribution < -0.4 is 5.32 Å². The van der Waals surface area contributed by atoms with Gasteiger partial charge in [-0.25, -0.2) is 0 Å². The summed E-state index contributed by atoms with van der Waals surface area (Å²) in [5.41, 5.74) is 0. The normalized spacial score (nSPS) is 28.3. The molecule has 0 saturated carbocycles. The van der Waals surface area contributed by atoms with Gasteiger partial charge >= 0.3 is 0 Å². The van der Waals surface area contributed by atoms with Crippen molar-refractivity contribution in [3.63, 3.8) is 0 Å². The minimum Gasteiger partial charge on any atom is -0.340 e. The molecule has 4 heteroatoms. The van der Waals surface area contributed by atoms with Crippen LogP contribution in [0.5, 0.6) is 0 Å². The Morgan fingerprint density at radius 1 is 1.33 bits per heavy atom. The molecule has 2 heterocycles. The Labute approximate surface area is 91.6 Å². The first-order valence-electron chi connectivity index (χ1n) is 5.97. The third-order valence-electron chi connectivity index (χ3n) is 3.46. The van der Waals surface area contributed by atoms with Gasteiger partial charge in [0.05, 0.1) is 0 Å². The fourth-order valence-electron chi connectivity index (χ4n) is 2.47. The van der Waals surface area contributed by atoms with Crippen LogP contribution in [0.1, 0.15) is 19.8 Å². The molecule has 2 aliphatic heterocycles. The smallest absolute Gasteiger partial charge is 0.219 e. The third kappa shape index (κ3) is 2.92.